The molecule has 0 aliphatic carbocycles. The molecule has 2 unspecified atom stereocenters. The Kier molecular flexibility index (Phi) is 5.62. The van der Waals surface area contributed by atoms with E-state index in [2.05, 4.69) is 16.0 Å². The molecule has 4 rings (SSSR count). The normalized spacial score (nSPS) is 28.0. The van der Waals surface area contributed by atoms with E-state index in [4.69, 9.17) is 0 Å². The number of fused-ring (bicyclic) bond motifs is 2. The zero-order valence-corrected chi connectivity index (χ0v) is 15.8. The number of anilines is 1. The van der Waals surface area contributed by atoms with Gasteiger partial charge in [0.15, 0.2) is 0 Å². The van der Waals surface area contributed by atoms with Gasteiger partial charge in [0.05, 0.1) is 0 Å². The molecule has 3 aliphatic rings. The Hall–Kier alpha value is -2.08. The number of nitrogens with zero attached hydrogens (tertiary/aromatic N) is 1. The molecular formula is C21H30N4O2. The fourth-order valence-corrected chi connectivity index (χ4v) is 4.84. The lowest BCUT2D eigenvalue weighted by atomic mass is 9.89. The first-order valence-electron chi connectivity index (χ1n) is 10.3. The summed E-state index contributed by atoms with van der Waals surface area (Å²) in [6.45, 7) is 1.36. The standard InChI is InChI=1S/C21H30N4O2/c26-20(14-15-12-18-6-7-19(13-15)22-18)23-17-8-10-25(11-9-17)21(27)24-16-4-2-1-3-5-16/h1-5,15,17-19,22H,6-14H2,(H,23,26)(H,24,27). The molecule has 2 atom stereocenters. The highest BCUT2D eigenvalue weighted by molar-refractivity contribution is 5.89. The number of piperidine rings is 2. The van der Waals surface area contributed by atoms with Crippen LogP contribution >= 0.6 is 0 Å². The van der Waals surface area contributed by atoms with Gasteiger partial charge in [0.2, 0.25) is 5.91 Å². The third-order valence-electron chi connectivity index (χ3n) is 6.22. The number of carbonyl (C=O) groups is 2. The van der Waals surface area contributed by atoms with Crippen molar-refractivity contribution in [1.82, 2.24) is 15.5 Å². The van der Waals surface area contributed by atoms with E-state index in [-0.39, 0.29) is 18.0 Å². The molecule has 1 aromatic carbocycles. The Morgan fingerprint density at radius 1 is 1.00 bits per heavy atom. The average molecular weight is 370 g/mol. The summed E-state index contributed by atoms with van der Waals surface area (Å²) in [5.41, 5.74) is 0.814. The number of para-hydroxylation sites is 1. The maximum absolute atomic E-state index is 12.4. The van der Waals surface area contributed by atoms with Crippen LogP contribution in [0.3, 0.4) is 0 Å². The van der Waals surface area contributed by atoms with Crippen LogP contribution in [-0.4, -0.2) is 48.1 Å². The first kappa shape index (κ1) is 18.3. The Morgan fingerprint density at radius 2 is 1.67 bits per heavy atom. The molecule has 3 fully saturated rings. The lowest BCUT2D eigenvalue weighted by molar-refractivity contribution is -0.123. The van der Waals surface area contributed by atoms with Gasteiger partial charge in [0, 0.05) is 43.3 Å². The van der Waals surface area contributed by atoms with Crippen molar-refractivity contribution in [2.75, 3.05) is 18.4 Å². The number of carbonyl (C=O) groups excluding carboxylic acids is 2. The maximum Gasteiger partial charge on any atom is 0.321 e. The van der Waals surface area contributed by atoms with Crippen molar-refractivity contribution in [2.24, 2.45) is 5.92 Å². The second kappa shape index (κ2) is 8.30. The molecule has 0 radical (unpaired) electrons. The van der Waals surface area contributed by atoms with Crippen LogP contribution in [0.1, 0.15) is 44.9 Å². The van der Waals surface area contributed by atoms with Crippen molar-refractivity contribution in [3.05, 3.63) is 30.3 Å². The van der Waals surface area contributed by atoms with Gasteiger partial charge >= 0.3 is 6.03 Å². The molecule has 6 nitrogen and oxygen atoms in total. The van der Waals surface area contributed by atoms with Crippen LogP contribution in [-0.2, 0) is 4.79 Å². The summed E-state index contributed by atoms with van der Waals surface area (Å²) in [6, 6.07) is 10.9. The highest BCUT2D eigenvalue weighted by atomic mass is 16.2. The second-order valence-electron chi connectivity index (χ2n) is 8.30. The predicted molar refractivity (Wildman–Crippen MR) is 105 cm³/mol. The fourth-order valence-electron chi connectivity index (χ4n) is 4.84. The third kappa shape index (κ3) is 4.80. The van der Waals surface area contributed by atoms with E-state index >= 15 is 0 Å². The highest BCUT2D eigenvalue weighted by Crippen LogP contribution is 2.32. The topological polar surface area (TPSA) is 73.5 Å². The van der Waals surface area contributed by atoms with E-state index in [9.17, 15) is 9.59 Å². The predicted octanol–water partition coefficient (Wildman–Crippen LogP) is 2.72. The smallest absolute Gasteiger partial charge is 0.321 e. The summed E-state index contributed by atoms with van der Waals surface area (Å²) in [6.07, 6.45) is 7.13. The summed E-state index contributed by atoms with van der Waals surface area (Å²) in [5.74, 6) is 0.717. The summed E-state index contributed by atoms with van der Waals surface area (Å²) in [5, 5.41) is 9.77. The van der Waals surface area contributed by atoms with Crippen LogP contribution in [0.5, 0.6) is 0 Å². The second-order valence-corrected chi connectivity index (χ2v) is 8.30. The van der Waals surface area contributed by atoms with Gasteiger partial charge in [-0.25, -0.2) is 4.79 Å². The number of hydrogen-bond acceptors (Lipinski definition) is 3. The minimum absolute atomic E-state index is 0.0591. The van der Waals surface area contributed by atoms with Gasteiger partial charge in [-0.05, 0) is 56.6 Å². The molecule has 3 saturated heterocycles. The molecule has 0 saturated carbocycles. The van der Waals surface area contributed by atoms with Crippen molar-refractivity contribution >= 4 is 17.6 Å². The molecule has 27 heavy (non-hydrogen) atoms. The fraction of sp³-hybridized carbons (Fsp3) is 0.619. The minimum atomic E-state index is -0.0591. The Morgan fingerprint density at radius 3 is 2.33 bits per heavy atom. The lowest BCUT2D eigenvalue weighted by Crippen LogP contribution is -2.48. The van der Waals surface area contributed by atoms with Crippen LogP contribution in [0.25, 0.3) is 0 Å². The number of rotatable bonds is 4. The van der Waals surface area contributed by atoms with Crippen molar-refractivity contribution in [2.45, 2.75) is 63.1 Å². The number of hydrogen-bond donors (Lipinski definition) is 3. The Labute approximate surface area is 161 Å². The Bertz CT molecular complexity index is 645. The zero-order valence-electron chi connectivity index (χ0n) is 15.8. The number of nitrogens with one attached hydrogen (secondary N) is 3. The van der Waals surface area contributed by atoms with Gasteiger partial charge in [-0.15, -0.1) is 0 Å². The lowest BCUT2D eigenvalue weighted by Gasteiger charge is -2.33. The van der Waals surface area contributed by atoms with Gasteiger partial charge in [0.25, 0.3) is 0 Å². The average Bonchev–Trinajstić information content (AvgIpc) is 3.01. The van der Waals surface area contributed by atoms with E-state index in [1.165, 1.54) is 12.8 Å². The molecule has 3 aliphatic heterocycles. The van der Waals surface area contributed by atoms with Crippen molar-refractivity contribution < 1.29 is 9.59 Å². The van der Waals surface area contributed by atoms with Crippen LogP contribution in [0.4, 0.5) is 10.5 Å². The highest BCUT2D eigenvalue weighted by Gasteiger charge is 2.34. The van der Waals surface area contributed by atoms with Crippen molar-refractivity contribution in [3.63, 3.8) is 0 Å². The van der Waals surface area contributed by atoms with Crippen LogP contribution in [0.15, 0.2) is 30.3 Å². The van der Waals surface area contributed by atoms with Crippen LogP contribution in [0, 0.1) is 5.92 Å². The zero-order chi connectivity index (χ0) is 18.6. The van der Waals surface area contributed by atoms with E-state index in [0.717, 1.165) is 31.4 Å². The van der Waals surface area contributed by atoms with E-state index in [1.807, 2.05) is 35.2 Å². The van der Waals surface area contributed by atoms with Crippen LogP contribution in [0.2, 0.25) is 0 Å². The van der Waals surface area contributed by atoms with Gasteiger partial charge in [-0.2, -0.15) is 0 Å². The van der Waals surface area contributed by atoms with E-state index in [0.29, 0.717) is 37.5 Å². The molecule has 146 valence electrons. The van der Waals surface area contributed by atoms with Gasteiger partial charge in [-0.1, -0.05) is 18.2 Å². The first-order valence-corrected chi connectivity index (χ1v) is 10.3. The minimum Gasteiger partial charge on any atom is -0.353 e. The van der Waals surface area contributed by atoms with E-state index in [1.54, 1.807) is 0 Å². The number of urea groups is 1. The molecule has 0 aromatic heterocycles. The molecule has 3 heterocycles. The largest absolute Gasteiger partial charge is 0.353 e. The molecule has 3 amide bonds. The molecule has 0 spiro atoms. The van der Waals surface area contributed by atoms with Crippen molar-refractivity contribution in [3.8, 4) is 0 Å². The molecule has 2 bridgehead atoms. The monoisotopic (exact) mass is 370 g/mol. The molecule has 1 aromatic rings. The van der Waals surface area contributed by atoms with Gasteiger partial charge < -0.3 is 20.9 Å². The van der Waals surface area contributed by atoms with Crippen LogP contribution < -0.4 is 16.0 Å². The van der Waals surface area contributed by atoms with Gasteiger partial charge in [-0.3, -0.25) is 4.79 Å². The summed E-state index contributed by atoms with van der Waals surface area (Å²) in [4.78, 5) is 26.6. The Balaban J connectivity index is 1.18. The first-order chi connectivity index (χ1) is 13.2. The molecule has 3 N–H and O–H groups in total. The number of benzene rings is 1. The van der Waals surface area contributed by atoms with E-state index < -0.39 is 0 Å². The summed E-state index contributed by atoms with van der Waals surface area (Å²) in [7, 11) is 0. The number of amides is 3. The molecule has 6 heteroatoms. The summed E-state index contributed by atoms with van der Waals surface area (Å²) >= 11 is 0. The van der Waals surface area contributed by atoms with Gasteiger partial charge in [0.1, 0.15) is 0 Å². The maximum atomic E-state index is 12.4. The SMILES string of the molecule is O=C(CC1CC2CCC(C1)N2)NC1CCN(C(=O)Nc2ccccc2)CC1. The summed E-state index contributed by atoms with van der Waals surface area (Å²) < 4.78 is 0. The number of likely N-dealkylation sites (tertiary alicyclic amines) is 1. The molecular weight excluding hydrogens is 340 g/mol. The van der Waals surface area contributed by atoms with Crippen molar-refractivity contribution in [1.29, 1.82) is 0 Å². The third-order valence-corrected chi connectivity index (χ3v) is 6.22. The quantitative estimate of drug-likeness (QED) is 0.763.